The number of hydrogen-bond acceptors (Lipinski definition) is 4. The van der Waals surface area contributed by atoms with Gasteiger partial charge in [0, 0.05) is 36.0 Å². The fourth-order valence-electron chi connectivity index (χ4n) is 1.92. The van der Waals surface area contributed by atoms with Crippen LogP contribution in [0.1, 0.15) is 21.5 Å². The summed E-state index contributed by atoms with van der Waals surface area (Å²) >= 11 is 0. The minimum atomic E-state index is -0.461. The molecule has 21 heavy (non-hydrogen) atoms. The molecule has 108 valence electrons. The fraction of sp³-hybridized carbons (Fsp3) is 0.143. The average molecular weight is 287 g/mol. The highest BCUT2D eigenvalue weighted by Gasteiger charge is 2.14. The van der Waals surface area contributed by atoms with Crippen molar-refractivity contribution in [2.45, 2.75) is 13.5 Å². The van der Waals surface area contributed by atoms with Crippen LogP contribution in [0.4, 0.5) is 5.69 Å². The summed E-state index contributed by atoms with van der Waals surface area (Å²) in [6, 6.07) is 7.37. The monoisotopic (exact) mass is 287 g/mol. The maximum Gasteiger partial charge on any atom is 0.272 e. The van der Waals surface area contributed by atoms with Crippen molar-refractivity contribution in [3.05, 3.63) is 73.7 Å². The summed E-state index contributed by atoms with van der Waals surface area (Å²) in [6.07, 6.45) is 1.38. The van der Waals surface area contributed by atoms with Crippen molar-refractivity contribution >= 4 is 11.6 Å². The van der Waals surface area contributed by atoms with Crippen LogP contribution in [-0.4, -0.2) is 15.8 Å². The second-order valence-corrected chi connectivity index (χ2v) is 4.44. The molecule has 0 aliphatic carbocycles. The van der Waals surface area contributed by atoms with E-state index in [1.807, 2.05) is 0 Å². The van der Waals surface area contributed by atoms with E-state index in [4.69, 9.17) is 0 Å². The zero-order valence-corrected chi connectivity index (χ0v) is 11.3. The highest BCUT2D eigenvalue weighted by Crippen LogP contribution is 2.20. The van der Waals surface area contributed by atoms with Crippen LogP contribution in [0.15, 0.2) is 41.3 Å². The van der Waals surface area contributed by atoms with Gasteiger partial charge in [0.2, 0.25) is 5.56 Å². The highest BCUT2D eigenvalue weighted by atomic mass is 16.6. The zero-order valence-electron chi connectivity index (χ0n) is 11.3. The maximum atomic E-state index is 11.9. The number of benzene rings is 1. The van der Waals surface area contributed by atoms with Crippen molar-refractivity contribution in [2.24, 2.45) is 0 Å². The fourth-order valence-corrected chi connectivity index (χ4v) is 1.92. The minimum Gasteiger partial charge on any atom is -0.348 e. The van der Waals surface area contributed by atoms with E-state index in [1.54, 1.807) is 19.1 Å². The molecule has 1 amide bonds. The summed E-state index contributed by atoms with van der Waals surface area (Å²) in [5, 5.41) is 13.5. The third kappa shape index (κ3) is 3.33. The van der Waals surface area contributed by atoms with Gasteiger partial charge in [-0.3, -0.25) is 19.7 Å². The topological polar surface area (TPSA) is 105 Å². The lowest BCUT2D eigenvalue weighted by atomic mass is 10.1. The lowest BCUT2D eigenvalue weighted by Crippen LogP contribution is -2.24. The number of pyridine rings is 1. The van der Waals surface area contributed by atoms with Gasteiger partial charge in [0.25, 0.3) is 11.6 Å². The summed E-state index contributed by atoms with van der Waals surface area (Å²) in [6.45, 7) is 1.78. The molecule has 1 aromatic carbocycles. The van der Waals surface area contributed by atoms with Gasteiger partial charge in [0.1, 0.15) is 0 Å². The minimum absolute atomic E-state index is 0.0119. The Morgan fingerprint density at radius 2 is 2.14 bits per heavy atom. The molecule has 0 saturated carbocycles. The predicted octanol–water partition coefficient (Wildman–Crippen LogP) is 1.52. The van der Waals surface area contributed by atoms with Gasteiger partial charge in [-0.15, -0.1) is 0 Å². The molecular weight excluding hydrogens is 274 g/mol. The third-order valence-electron chi connectivity index (χ3n) is 3.09. The Bertz CT molecular complexity index is 752. The molecule has 2 aromatic rings. The van der Waals surface area contributed by atoms with Crippen molar-refractivity contribution in [2.75, 3.05) is 0 Å². The number of aromatic amines is 1. The largest absolute Gasteiger partial charge is 0.348 e. The first-order valence-corrected chi connectivity index (χ1v) is 6.19. The number of H-pyrrole nitrogens is 1. The summed E-state index contributed by atoms with van der Waals surface area (Å²) < 4.78 is 0. The predicted molar refractivity (Wildman–Crippen MR) is 76.1 cm³/mol. The second kappa shape index (κ2) is 6.00. The normalized spacial score (nSPS) is 10.1. The Hall–Kier alpha value is -2.96. The summed E-state index contributed by atoms with van der Waals surface area (Å²) in [4.78, 5) is 35.8. The maximum absolute atomic E-state index is 11.9. The summed E-state index contributed by atoms with van der Waals surface area (Å²) in [5.74, 6) is -0.410. The highest BCUT2D eigenvalue weighted by molar-refractivity contribution is 5.93. The van der Waals surface area contributed by atoms with Crippen LogP contribution in [0.25, 0.3) is 0 Å². The van der Waals surface area contributed by atoms with Crippen molar-refractivity contribution < 1.29 is 9.72 Å². The Morgan fingerprint density at radius 1 is 1.38 bits per heavy atom. The number of nitro groups is 1. The molecule has 0 fully saturated rings. The lowest BCUT2D eigenvalue weighted by Gasteiger charge is -2.08. The van der Waals surface area contributed by atoms with Crippen LogP contribution >= 0.6 is 0 Å². The van der Waals surface area contributed by atoms with E-state index in [1.165, 1.54) is 24.4 Å². The molecule has 2 N–H and O–H groups in total. The first-order valence-electron chi connectivity index (χ1n) is 6.19. The molecule has 0 unspecified atom stereocenters. The molecular formula is C14H13N3O4. The number of nitrogens with zero attached hydrogens (tertiary/aromatic N) is 1. The van der Waals surface area contributed by atoms with Gasteiger partial charge < -0.3 is 10.3 Å². The van der Waals surface area contributed by atoms with Gasteiger partial charge >= 0.3 is 0 Å². The second-order valence-electron chi connectivity index (χ2n) is 4.44. The Kier molecular flexibility index (Phi) is 4.13. The number of carbonyl (C=O) groups is 1. The SMILES string of the molecule is Cc1c(CNC(=O)c2cc[nH]c(=O)c2)cccc1[N+](=O)[O-]. The van der Waals surface area contributed by atoms with E-state index in [-0.39, 0.29) is 23.4 Å². The lowest BCUT2D eigenvalue weighted by molar-refractivity contribution is -0.385. The van der Waals surface area contributed by atoms with Crippen molar-refractivity contribution in [3.8, 4) is 0 Å². The Labute approximate surface area is 119 Å². The van der Waals surface area contributed by atoms with E-state index < -0.39 is 10.8 Å². The molecule has 1 aromatic heterocycles. The van der Waals surface area contributed by atoms with Crippen LogP contribution in [0.3, 0.4) is 0 Å². The van der Waals surface area contributed by atoms with Gasteiger partial charge in [-0.2, -0.15) is 0 Å². The smallest absolute Gasteiger partial charge is 0.272 e. The molecule has 0 atom stereocenters. The van der Waals surface area contributed by atoms with E-state index in [2.05, 4.69) is 10.3 Å². The first kappa shape index (κ1) is 14.4. The van der Waals surface area contributed by atoms with Gasteiger partial charge in [-0.05, 0) is 18.6 Å². The number of amides is 1. The molecule has 2 rings (SSSR count). The van der Waals surface area contributed by atoms with Crippen LogP contribution in [-0.2, 0) is 6.54 Å². The number of carbonyl (C=O) groups excluding carboxylic acids is 1. The van der Waals surface area contributed by atoms with Crippen molar-refractivity contribution in [1.82, 2.24) is 10.3 Å². The van der Waals surface area contributed by atoms with Crippen LogP contribution in [0, 0.1) is 17.0 Å². The van der Waals surface area contributed by atoms with E-state index in [0.29, 0.717) is 11.1 Å². The van der Waals surface area contributed by atoms with Gasteiger partial charge in [-0.25, -0.2) is 0 Å². The summed E-state index contributed by atoms with van der Waals surface area (Å²) in [7, 11) is 0. The molecule has 7 heteroatoms. The molecule has 0 spiro atoms. The number of nitro benzene ring substituents is 1. The van der Waals surface area contributed by atoms with Gasteiger partial charge in [0.05, 0.1) is 4.92 Å². The molecule has 0 aliphatic heterocycles. The summed E-state index contributed by atoms with van der Waals surface area (Å²) in [5.41, 5.74) is 1.05. The van der Waals surface area contributed by atoms with E-state index in [0.717, 1.165) is 0 Å². The first-order chi connectivity index (χ1) is 9.99. The standard InChI is InChI=1S/C14H13N3O4/c1-9-11(3-2-4-12(9)17(20)21)8-16-14(19)10-5-6-15-13(18)7-10/h2-7H,8H2,1H3,(H,15,18)(H,16,19). The number of hydrogen-bond donors (Lipinski definition) is 2. The van der Waals surface area contributed by atoms with Gasteiger partial charge in [-0.1, -0.05) is 12.1 Å². The van der Waals surface area contributed by atoms with Crippen molar-refractivity contribution in [1.29, 1.82) is 0 Å². The molecule has 7 nitrogen and oxygen atoms in total. The number of aromatic nitrogens is 1. The van der Waals surface area contributed by atoms with E-state index in [9.17, 15) is 19.7 Å². The zero-order chi connectivity index (χ0) is 15.4. The van der Waals surface area contributed by atoms with Gasteiger partial charge in [0.15, 0.2) is 0 Å². The third-order valence-corrected chi connectivity index (χ3v) is 3.09. The molecule has 1 heterocycles. The quantitative estimate of drug-likeness (QED) is 0.657. The van der Waals surface area contributed by atoms with Crippen LogP contribution in [0.2, 0.25) is 0 Å². The van der Waals surface area contributed by atoms with Crippen LogP contribution in [0.5, 0.6) is 0 Å². The Balaban J connectivity index is 2.13. The Morgan fingerprint density at radius 3 is 2.81 bits per heavy atom. The van der Waals surface area contributed by atoms with Crippen LogP contribution < -0.4 is 10.9 Å². The molecule has 0 aliphatic rings. The van der Waals surface area contributed by atoms with E-state index >= 15 is 0 Å². The average Bonchev–Trinajstić information content (AvgIpc) is 2.45. The van der Waals surface area contributed by atoms with Crippen molar-refractivity contribution in [3.63, 3.8) is 0 Å². The number of nitrogens with one attached hydrogen (secondary N) is 2. The molecule has 0 radical (unpaired) electrons. The number of rotatable bonds is 4. The molecule has 0 saturated heterocycles. The molecule has 0 bridgehead atoms.